The molecule has 1 aliphatic carbocycles. The van der Waals surface area contributed by atoms with Crippen LogP contribution in [0.5, 0.6) is 5.75 Å². The summed E-state index contributed by atoms with van der Waals surface area (Å²) in [6.45, 7) is 0.0928. The Kier molecular flexibility index (Phi) is 5.82. The van der Waals surface area contributed by atoms with Gasteiger partial charge in [0, 0.05) is 5.92 Å². The normalized spacial score (nSPS) is 13.1. The van der Waals surface area contributed by atoms with Crippen molar-refractivity contribution in [1.82, 2.24) is 5.32 Å². The van der Waals surface area contributed by atoms with E-state index in [1.165, 1.54) is 19.2 Å². The monoisotopic (exact) mass is 437 g/mol. The van der Waals surface area contributed by atoms with Crippen LogP contribution in [-0.2, 0) is 9.53 Å². The average Bonchev–Trinajstić information content (AvgIpc) is 3.09. The zero-order valence-electron chi connectivity index (χ0n) is 16.7. The van der Waals surface area contributed by atoms with Crippen LogP contribution < -0.4 is 10.1 Å². The van der Waals surface area contributed by atoms with E-state index in [2.05, 4.69) is 5.32 Å². The number of carbonyl (C=O) groups is 2. The van der Waals surface area contributed by atoms with Gasteiger partial charge in [-0.05, 0) is 39.9 Å². The van der Waals surface area contributed by atoms with Gasteiger partial charge in [0.1, 0.15) is 12.4 Å². The minimum atomic E-state index is -1.31. The Hall–Kier alpha value is -3.51. The molecule has 0 spiro atoms. The molecule has 4 rings (SSSR count). The van der Waals surface area contributed by atoms with Gasteiger partial charge < -0.3 is 19.9 Å². The summed E-state index contributed by atoms with van der Waals surface area (Å²) in [5.74, 6) is -0.928. The van der Waals surface area contributed by atoms with Gasteiger partial charge in [-0.15, -0.1) is 0 Å². The highest BCUT2D eigenvalue weighted by Crippen LogP contribution is 2.44. The highest BCUT2D eigenvalue weighted by atomic mass is 35.5. The number of benzene rings is 3. The second kappa shape index (κ2) is 8.70. The van der Waals surface area contributed by atoms with Crippen molar-refractivity contribution in [2.75, 3.05) is 13.7 Å². The topological polar surface area (TPSA) is 84.9 Å². The van der Waals surface area contributed by atoms with Gasteiger partial charge in [-0.2, -0.15) is 0 Å². The van der Waals surface area contributed by atoms with Crippen molar-refractivity contribution in [3.63, 3.8) is 0 Å². The maximum Gasteiger partial charge on any atom is 0.408 e. The molecule has 7 heteroatoms. The third-order valence-corrected chi connectivity index (χ3v) is 5.66. The van der Waals surface area contributed by atoms with Gasteiger partial charge in [0.05, 0.1) is 12.1 Å². The Morgan fingerprint density at radius 3 is 2.19 bits per heavy atom. The molecule has 0 heterocycles. The number of carboxylic acids is 1. The molecular formula is C24H20ClNO5. The van der Waals surface area contributed by atoms with Gasteiger partial charge in [-0.1, -0.05) is 66.2 Å². The third kappa shape index (κ3) is 4.07. The summed E-state index contributed by atoms with van der Waals surface area (Å²) in [4.78, 5) is 24.2. The Balaban J connectivity index is 1.48. The molecule has 31 heavy (non-hydrogen) atoms. The molecule has 0 saturated heterocycles. The smallest absolute Gasteiger partial charge is 0.408 e. The Labute approximate surface area is 184 Å². The van der Waals surface area contributed by atoms with E-state index in [4.69, 9.17) is 21.1 Å². The van der Waals surface area contributed by atoms with Crippen molar-refractivity contribution >= 4 is 23.7 Å². The first-order chi connectivity index (χ1) is 15.0. The van der Waals surface area contributed by atoms with Gasteiger partial charge in [0.15, 0.2) is 6.04 Å². The fourth-order valence-corrected chi connectivity index (χ4v) is 4.17. The zero-order chi connectivity index (χ0) is 22.0. The predicted octanol–water partition coefficient (Wildman–Crippen LogP) is 5.01. The van der Waals surface area contributed by atoms with Crippen LogP contribution in [0, 0.1) is 0 Å². The van der Waals surface area contributed by atoms with Crippen molar-refractivity contribution in [1.29, 1.82) is 0 Å². The number of rotatable bonds is 6. The molecule has 0 aliphatic heterocycles. The Bertz CT molecular complexity index is 1100. The summed E-state index contributed by atoms with van der Waals surface area (Å²) in [5.41, 5.74) is 4.69. The number of fused-ring (bicyclic) bond motifs is 3. The minimum absolute atomic E-state index is 0.0928. The molecule has 158 valence electrons. The van der Waals surface area contributed by atoms with Crippen LogP contribution in [0.15, 0.2) is 66.7 Å². The van der Waals surface area contributed by atoms with Crippen molar-refractivity contribution in [3.05, 3.63) is 88.4 Å². The summed E-state index contributed by atoms with van der Waals surface area (Å²) >= 11 is 6.10. The first-order valence-corrected chi connectivity index (χ1v) is 10.0. The highest BCUT2D eigenvalue weighted by molar-refractivity contribution is 6.32. The summed E-state index contributed by atoms with van der Waals surface area (Å²) in [6, 6.07) is 19.2. The van der Waals surface area contributed by atoms with Gasteiger partial charge in [0.25, 0.3) is 0 Å². The molecule has 0 fully saturated rings. The van der Waals surface area contributed by atoms with Gasteiger partial charge in [-0.3, -0.25) is 0 Å². The molecule has 0 aromatic heterocycles. The lowest BCUT2D eigenvalue weighted by atomic mass is 9.98. The highest BCUT2D eigenvalue weighted by Gasteiger charge is 2.30. The quantitative estimate of drug-likeness (QED) is 0.566. The van der Waals surface area contributed by atoms with Gasteiger partial charge in [0.2, 0.25) is 0 Å². The van der Waals surface area contributed by atoms with Crippen LogP contribution in [0.25, 0.3) is 11.1 Å². The van der Waals surface area contributed by atoms with Crippen LogP contribution in [0.4, 0.5) is 4.79 Å². The molecule has 0 radical (unpaired) electrons. The Morgan fingerprint density at radius 1 is 1.03 bits per heavy atom. The van der Waals surface area contributed by atoms with Gasteiger partial charge >= 0.3 is 12.1 Å². The van der Waals surface area contributed by atoms with Gasteiger partial charge in [-0.25, -0.2) is 9.59 Å². The second-order valence-electron chi connectivity index (χ2n) is 7.14. The molecule has 3 aromatic carbocycles. The fourth-order valence-electron chi connectivity index (χ4n) is 3.91. The predicted molar refractivity (Wildman–Crippen MR) is 117 cm³/mol. The first kappa shape index (κ1) is 20.8. The summed E-state index contributed by atoms with van der Waals surface area (Å²) in [6.07, 6.45) is -0.818. The molecular weight excluding hydrogens is 418 g/mol. The lowest BCUT2D eigenvalue weighted by Crippen LogP contribution is -2.34. The van der Waals surface area contributed by atoms with Crippen molar-refractivity contribution in [2.45, 2.75) is 12.0 Å². The lowest BCUT2D eigenvalue weighted by molar-refractivity contribution is -0.139. The van der Waals surface area contributed by atoms with Crippen LogP contribution in [0.2, 0.25) is 5.02 Å². The van der Waals surface area contributed by atoms with E-state index in [0.29, 0.717) is 11.3 Å². The molecule has 2 N–H and O–H groups in total. The molecule has 6 nitrogen and oxygen atoms in total. The lowest BCUT2D eigenvalue weighted by Gasteiger charge is -2.18. The van der Waals surface area contributed by atoms with Crippen LogP contribution in [0.1, 0.15) is 28.7 Å². The summed E-state index contributed by atoms with van der Waals surface area (Å²) in [5, 5.41) is 12.2. The van der Waals surface area contributed by atoms with Crippen LogP contribution in [-0.4, -0.2) is 30.9 Å². The van der Waals surface area contributed by atoms with Crippen LogP contribution >= 0.6 is 11.6 Å². The SMILES string of the molecule is COc1ccc(C(NC(=O)OCC2c3ccccc3-c3ccccc32)C(=O)O)cc1Cl. The maximum absolute atomic E-state index is 12.5. The molecule has 0 bridgehead atoms. The van der Waals surface area contributed by atoms with E-state index < -0.39 is 18.1 Å². The average molecular weight is 438 g/mol. The number of carbonyl (C=O) groups excluding carboxylic acids is 1. The number of hydrogen-bond acceptors (Lipinski definition) is 4. The molecule has 1 aliphatic rings. The number of carboxylic acid groups (broad SMARTS) is 1. The van der Waals surface area contributed by atoms with E-state index in [0.717, 1.165) is 22.3 Å². The molecule has 1 unspecified atom stereocenters. The van der Waals surface area contributed by atoms with E-state index in [9.17, 15) is 14.7 Å². The number of ether oxygens (including phenoxy) is 2. The largest absolute Gasteiger partial charge is 0.495 e. The van der Waals surface area contributed by atoms with E-state index >= 15 is 0 Å². The standard InChI is InChI=1S/C24H20ClNO5/c1-30-21-11-10-14(12-20(21)25)22(23(27)28)26-24(29)31-13-19-17-8-4-2-6-15(17)16-7-3-5-9-18(16)19/h2-12,19,22H,13H2,1H3,(H,26,29)(H,27,28). The first-order valence-electron chi connectivity index (χ1n) is 9.67. The van der Waals surface area contributed by atoms with Crippen molar-refractivity contribution in [3.8, 4) is 16.9 Å². The van der Waals surface area contributed by atoms with Crippen LogP contribution in [0.3, 0.4) is 0 Å². The molecule has 1 amide bonds. The van der Waals surface area contributed by atoms with Crippen molar-refractivity contribution < 1.29 is 24.2 Å². The number of amides is 1. The zero-order valence-corrected chi connectivity index (χ0v) is 17.4. The second-order valence-corrected chi connectivity index (χ2v) is 7.54. The summed E-state index contributed by atoms with van der Waals surface area (Å²) < 4.78 is 10.5. The molecule has 0 saturated carbocycles. The number of hydrogen-bond donors (Lipinski definition) is 2. The number of aliphatic carboxylic acids is 1. The number of halogens is 1. The van der Waals surface area contributed by atoms with E-state index in [-0.39, 0.29) is 17.5 Å². The summed E-state index contributed by atoms with van der Waals surface area (Å²) in [7, 11) is 1.46. The maximum atomic E-state index is 12.5. The fraction of sp³-hybridized carbons (Fsp3) is 0.167. The number of nitrogens with one attached hydrogen (secondary N) is 1. The third-order valence-electron chi connectivity index (χ3n) is 5.36. The number of methoxy groups -OCH3 is 1. The molecule has 3 aromatic rings. The molecule has 1 atom stereocenters. The Morgan fingerprint density at radius 2 is 1.65 bits per heavy atom. The number of alkyl carbamates (subject to hydrolysis) is 1. The van der Waals surface area contributed by atoms with E-state index in [1.807, 2.05) is 48.5 Å². The van der Waals surface area contributed by atoms with Crippen molar-refractivity contribution in [2.24, 2.45) is 0 Å². The minimum Gasteiger partial charge on any atom is -0.495 e. The van der Waals surface area contributed by atoms with E-state index in [1.54, 1.807) is 6.07 Å².